The lowest BCUT2D eigenvalue weighted by Crippen LogP contribution is -2.43. The first-order valence-corrected chi connectivity index (χ1v) is 12.9. The van der Waals surface area contributed by atoms with Gasteiger partial charge in [0, 0.05) is 24.8 Å². The number of aryl methyl sites for hydroxylation is 1. The van der Waals surface area contributed by atoms with Crippen molar-refractivity contribution in [1.29, 1.82) is 0 Å². The number of hydrogen-bond donors (Lipinski definition) is 4. The standard InChI is InChI=1S/C23H31Cl2NO3.CH4N2O2/c1-23-9-8-18-17-5-3-16(29-22(28)26(12-10-24)13-11-25)14-15(17)2-4-19(18)20(23)6-7-21(23)27;2-1(4)3-5/h3,5,14,18-21,27H,2,4,6-13H2,1H3;5H,(H3,2,3,4)/t18-,19-,20+,21+,23+;/m1./s1. The average Bonchev–Trinajstić information content (AvgIpc) is 3.13. The number of nitrogens with zero attached hydrogens (tertiary/aromatic N) is 1. The second-order valence-corrected chi connectivity index (χ2v) is 10.4. The highest BCUT2D eigenvalue weighted by Crippen LogP contribution is 2.60. The van der Waals surface area contributed by atoms with Crippen LogP contribution in [0.25, 0.3) is 0 Å². The number of nitrogens with two attached hydrogens (primary N) is 1. The molecular weight excluding hydrogens is 481 g/mol. The molecule has 190 valence electrons. The van der Waals surface area contributed by atoms with Gasteiger partial charge >= 0.3 is 12.1 Å². The zero-order valence-corrected chi connectivity index (χ0v) is 21.0. The van der Waals surface area contributed by atoms with Crippen LogP contribution in [-0.4, -0.2) is 58.3 Å². The summed E-state index contributed by atoms with van der Waals surface area (Å²) in [6.07, 6.45) is 5.98. The Labute approximate surface area is 210 Å². The fourth-order valence-electron chi connectivity index (χ4n) is 6.26. The number of carbonyl (C=O) groups is 2. The molecule has 3 amide bonds. The molecular formula is C24H35Cl2N3O5. The molecule has 3 aliphatic carbocycles. The van der Waals surface area contributed by atoms with Gasteiger partial charge in [-0.05, 0) is 85.0 Å². The average molecular weight is 516 g/mol. The van der Waals surface area contributed by atoms with E-state index in [4.69, 9.17) is 33.1 Å². The van der Waals surface area contributed by atoms with Crippen LogP contribution >= 0.6 is 23.2 Å². The molecule has 0 radical (unpaired) electrons. The van der Waals surface area contributed by atoms with E-state index in [1.165, 1.54) is 16.6 Å². The fourth-order valence-corrected chi connectivity index (χ4v) is 6.67. The molecule has 5 atom stereocenters. The third-order valence-corrected chi connectivity index (χ3v) is 8.27. The maximum atomic E-state index is 12.4. The molecule has 0 aromatic heterocycles. The smallest absolute Gasteiger partial charge is 0.410 e. The van der Waals surface area contributed by atoms with Gasteiger partial charge in [0.2, 0.25) is 0 Å². The van der Waals surface area contributed by atoms with E-state index in [9.17, 15) is 14.7 Å². The number of carbonyl (C=O) groups excluding carboxylic acids is 2. The lowest BCUT2D eigenvalue weighted by atomic mass is 9.55. The van der Waals surface area contributed by atoms with Gasteiger partial charge in [0.1, 0.15) is 5.75 Å². The topological polar surface area (TPSA) is 125 Å². The Kier molecular flexibility index (Phi) is 9.32. The van der Waals surface area contributed by atoms with Crippen LogP contribution in [0.2, 0.25) is 0 Å². The van der Waals surface area contributed by atoms with Gasteiger partial charge in [-0.3, -0.25) is 5.21 Å². The first-order valence-electron chi connectivity index (χ1n) is 11.8. The first-order chi connectivity index (χ1) is 16.2. The predicted octanol–water partition coefficient (Wildman–Crippen LogP) is 4.23. The third-order valence-electron chi connectivity index (χ3n) is 7.93. The molecule has 0 heterocycles. The quantitative estimate of drug-likeness (QED) is 0.265. The minimum atomic E-state index is -0.940. The Morgan fingerprint density at radius 1 is 1.21 bits per heavy atom. The van der Waals surface area contributed by atoms with Crippen molar-refractivity contribution < 1.29 is 24.6 Å². The lowest BCUT2D eigenvalue weighted by Gasteiger charge is -2.50. The molecule has 0 spiro atoms. The number of aliphatic hydroxyl groups excluding tert-OH is 1. The summed E-state index contributed by atoms with van der Waals surface area (Å²) in [6.45, 7) is 3.15. The third kappa shape index (κ3) is 5.73. The van der Waals surface area contributed by atoms with E-state index >= 15 is 0 Å². The summed E-state index contributed by atoms with van der Waals surface area (Å²) < 4.78 is 5.62. The summed E-state index contributed by atoms with van der Waals surface area (Å²) in [5.41, 5.74) is 8.28. The number of aliphatic hydroxyl groups is 1. The van der Waals surface area contributed by atoms with Crippen molar-refractivity contribution in [2.45, 2.75) is 57.5 Å². The molecule has 2 saturated carbocycles. The summed E-state index contributed by atoms with van der Waals surface area (Å²) in [4.78, 5) is 23.2. The number of nitrogens with one attached hydrogen (secondary N) is 1. The molecule has 4 rings (SSSR count). The Hall–Kier alpha value is -1.74. The van der Waals surface area contributed by atoms with Gasteiger partial charge in [-0.2, -0.15) is 0 Å². The molecule has 0 aliphatic heterocycles. The second-order valence-electron chi connectivity index (χ2n) is 9.62. The Balaban J connectivity index is 0.000000588. The number of alkyl halides is 2. The number of benzene rings is 1. The number of urea groups is 1. The van der Waals surface area contributed by atoms with Crippen molar-refractivity contribution >= 4 is 35.3 Å². The molecule has 3 aliphatic rings. The molecule has 8 nitrogen and oxygen atoms in total. The molecule has 5 N–H and O–H groups in total. The molecule has 1 aromatic rings. The Bertz CT molecular complexity index is 867. The zero-order valence-electron chi connectivity index (χ0n) is 19.5. The molecule has 0 bridgehead atoms. The number of amides is 3. The number of ether oxygens (including phenoxy) is 1. The minimum Gasteiger partial charge on any atom is -0.410 e. The summed E-state index contributed by atoms with van der Waals surface area (Å²) in [7, 11) is 0. The van der Waals surface area contributed by atoms with Gasteiger partial charge in [-0.15, -0.1) is 23.2 Å². The van der Waals surface area contributed by atoms with Gasteiger partial charge in [-0.25, -0.2) is 15.1 Å². The maximum Gasteiger partial charge on any atom is 0.415 e. The first kappa shape index (κ1) is 26.9. The Morgan fingerprint density at radius 3 is 2.50 bits per heavy atom. The van der Waals surface area contributed by atoms with Crippen LogP contribution in [-0.2, 0) is 6.42 Å². The highest BCUT2D eigenvalue weighted by atomic mass is 35.5. The number of halogens is 2. The summed E-state index contributed by atoms with van der Waals surface area (Å²) in [6, 6.07) is 5.19. The normalized spacial score (nSPS) is 29.0. The number of fused-ring (bicyclic) bond motifs is 5. The molecule has 0 saturated heterocycles. The van der Waals surface area contributed by atoms with E-state index in [2.05, 4.69) is 18.7 Å². The minimum absolute atomic E-state index is 0.0996. The number of hydroxylamine groups is 1. The van der Waals surface area contributed by atoms with Gasteiger partial charge < -0.3 is 20.5 Å². The van der Waals surface area contributed by atoms with E-state index in [1.54, 1.807) is 4.90 Å². The molecule has 10 heteroatoms. The number of hydrogen-bond acceptors (Lipinski definition) is 5. The van der Waals surface area contributed by atoms with Crippen molar-refractivity contribution in [2.75, 3.05) is 24.8 Å². The zero-order chi connectivity index (χ0) is 24.9. The number of rotatable bonds is 5. The van der Waals surface area contributed by atoms with E-state index in [-0.39, 0.29) is 11.5 Å². The summed E-state index contributed by atoms with van der Waals surface area (Å²) >= 11 is 11.6. The largest absolute Gasteiger partial charge is 0.415 e. The van der Waals surface area contributed by atoms with Gasteiger partial charge in [0.15, 0.2) is 0 Å². The Morgan fingerprint density at radius 2 is 1.88 bits per heavy atom. The van der Waals surface area contributed by atoms with E-state index in [0.717, 1.165) is 38.5 Å². The molecule has 1 aromatic carbocycles. The van der Waals surface area contributed by atoms with Crippen LogP contribution in [0.4, 0.5) is 9.59 Å². The molecule has 34 heavy (non-hydrogen) atoms. The lowest BCUT2D eigenvalue weighted by molar-refractivity contribution is -0.0226. The van der Waals surface area contributed by atoms with Crippen LogP contribution in [0.1, 0.15) is 56.1 Å². The van der Waals surface area contributed by atoms with Crippen molar-refractivity contribution in [3.8, 4) is 5.75 Å². The van der Waals surface area contributed by atoms with Crippen molar-refractivity contribution in [1.82, 2.24) is 10.4 Å². The van der Waals surface area contributed by atoms with Gasteiger partial charge in [0.25, 0.3) is 0 Å². The number of primary amides is 1. The highest BCUT2D eigenvalue weighted by Gasteiger charge is 2.54. The van der Waals surface area contributed by atoms with E-state index < -0.39 is 12.1 Å². The second kappa shape index (κ2) is 11.8. The highest BCUT2D eigenvalue weighted by molar-refractivity contribution is 6.18. The van der Waals surface area contributed by atoms with Crippen LogP contribution in [0, 0.1) is 17.3 Å². The van der Waals surface area contributed by atoms with E-state index in [0.29, 0.717) is 48.4 Å². The van der Waals surface area contributed by atoms with E-state index in [1.807, 2.05) is 12.1 Å². The monoisotopic (exact) mass is 515 g/mol. The summed E-state index contributed by atoms with van der Waals surface area (Å²) in [5.74, 6) is 3.16. The molecule has 0 unspecified atom stereocenters. The van der Waals surface area contributed by atoms with Gasteiger partial charge in [-0.1, -0.05) is 13.0 Å². The predicted molar refractivity (Wildman–Crippen MR) is 131 cm³/mol. The van der Waals surface area contributed by atoms with Crippen LogP contribution in [0.3, 0.4) is 0 Å². The SMILES string of the molecule is C[C@]12CC[C@@H]3c4ccc(OC(=O)N(CCCl)CCCl)cc4CC[C@H]3[C@@H]1CC[C@@H]2O.NC(=O)NO. The van der Waals surface area contributed by atoms with Crippen molar-refractivity contribution in [3.63, 3.8) is 0 Å². The van der Waals surface area contributed by atoms with Crippen LogP contribution in [0.15, 0.2) is 18.2 Å². The van der Waals surface area contributed by atoms with Crippen LogP contribution < -0.4 is 16.0 Å². The fraction of sp³-hybridized carbons (Fsp3) is 0.667. The van der Waals surface area contributed by atoms with Crippen molar-refractivity contribution in [2.24, 2.45) is 23.0 Å². The van der Waals surface area contributed by atoms with Gasteiger partial charge in [0.05, 0.1) is 6.10 Å². The molecule has 2 fully saturated rings. The van der Waals surface area contributed by atoms with Crippen molar-refractivity contribution in [3.05, 3.63) is 29.3 Å². The maximum absolute atomic E-state index is 12.4. The van der Waals surface area contributed by atoms with Crippen LogP contribution in [0.5, 0.6) is 5.75 Å². The summed E-state index contributed by atoms with van der Waals surface area (Å²) in [5, 5.41) is 18.0.